The first-order chi connectivity index (χ1) is 13.2. The minimum atomic E-state index is 0.0408. The third-order valence-electron chi connectivity index (χ3n) is 4.17. The quantitative estimate of drug-likeness (QED) is 0.380. The fraction of sp³-hybridized carbons (Fsp3) is 0.286. The van der Waals surface area contributed by atoms with E-state index in [0.717, 1.165) is 18.4 Å². The average molecular weight is 382 g/mol. The summed E-state index contributed by atoms with van der Waals surface area (Å²) in [5, 5.41) is 8.44. The summed E-state index contributed by atoms with van der Waals surface area (Å²) in [6.07, 6.45) is 3.38. The van der Waals surface area contributed by atoms with Crippen molar-refractivity contribution in [3.8, 4) is 17.2 Å². The van der Waals surface area contributed by atoms with Gasteiger partial charge in [0, 0.05) is 5.56 Å². The number of Topliss-reactive ketones (excluding diaryl/α,β-unsaturated/α-hetero) is 1. The Hall–Kier alpha value is -2.60. The van der Waals surface area contributed by atoms with E-state index in [9.17, 15) is 4.79 Å². The maximum atomic E-state index is 12.4. The third-order valence-corrected chi connectivity index (χ3v) is 4.98. The van der Waals surface area contributed by atoms with Gasteiger partial charge in [-0.3, -0.25) is 4.79 Å². The molecule has 0 radical (unpaired) electrons. The van der Waals surface area contributed by atoms with Crippen molar-refractivity contribution in [1.29, 1.82) is 0 Å². The van der Waals surface area contributed by atoms with Crippen LogP contribution in [0.5, 0.6) is 5.75 Å². The highest BCUT2D eigenvalue weighted by molar-refractivity contribution is 7.99. The van der Waals surface area contributed by atoms with Crippen molar-refractivity contribution in [2.45, 2.75) is 31.4 Å². The third kappa shape index (κ3) is 4.98. The SMILES string of the molecule is CCCCc1ccc(C(=O)CSc2nnc(-c3ccccc3OC)o2)cc1. The van der Waals surface area contributed by atoms with Crippen molar-refractivity contribution in [1.82, 2.24) is 10.2 Å². The molecular weight excluding hydrogens is 360 g/mol. The standard InChI is InChI=1S/C21H22N2O3S/c1-3-4-7-15-10-12-16(13-11-15)18(24)14-27-21-23-22-20(26-21)17-8-5-6-9-19(17)25-2/h5-6,8-13H,3-4,7,14H2,1-2H3. The number of nitrogens with zero attached hydrogens (tertiary/aromatic N) is 2. The van der Waals surface area contributed by atoms with Crippen molar-refractivity contribution in [3.63, 3.8) is 0 Å². The maximum absolute atomic E-state index is 12.4. The van der Waals surface area contributed by atoms with Gasteiger partial charge in [0.15, 0.2) is 5.78 Å². The molecular formula is C21H22N2O3S. The number of ketones is 1. The zero-order valence-electron chi connectivity index (χ0n) is 15.5. The zero-order chi connectivity index (χ0) is 19.1. The Morgan fingerprint density at radius 3 is 2.63 bits per heavy atom. The minimum absolute atomic E-state index is 0.0408. The summed E-state index contributed by atoms with van der Waals surface area (Å²) >= 11 is 1.24. The molecule has 1 aromatic heterocycles. The van der Waals surface area contributed by atoms with E-state index in [2.05, 4.69) is 17.1 Å². The highest BCUT2D eigenvalue weighted by Crippen LogP contribution is 2.30. The average Bonchev–Trinajstić information content (AvgIpc) is 3.19. The molecule has 3 rings (SSSR count). The van der Waals surface area contributed by atoms with Gasteiger partial charge in [0.05, 0.1) is 18.4 Å². The maximum Gasteiger partial charge on any atom is 0.277 e. The molecule has 0 aliphatic heterocycles. The second-order valence-corrected chi connectivity index (χ2v) is 7.01. The van der Waals surface area contributed by atoms with Gasteiger partial charge in [0.2, 0.25) is 0 Å². The Kier molecular flexibility index (Phi) is 6.65. The second-order valence-electron chi connectivity index (χ2n) is 6.09. The summed E-state index contributed by atoms with van der Waals surface area (Å²) in [5.41, 5.74) is 2.69. The number of para-hydroxylation sites is 1. The van der Waals surface area contributed by atoms with Gasteiger partial charge in [-0.25, -0.2) is 0 Å². The van der Waals surface area contributed by atoms with Crippen LogP contribution in [0.1, 0.15) is 35.7 Å². The summed E-state index contributed by atoms with van der Waals surface area (Å²) in [5.74, 6) is 1.33. The van der Waals surface area contributed by atoms with Crippen LogP contribution in [0.3, 0.4) is 0 Å². The van der Waals surface area contributed by atoms with E-state index in [-0.39, 0.29) is 11.5 Å². The number of carbonyl (C=O) groups excluding carboxylic acids is 1. The lowest BCUT2D eigenvalue weighted by atomic mass is 10.1. The van der Waals surface area contributed by atoms with Crippen molar-refractivity contribution < 1.29 is 13.9 Å². The van der Waals surface area contributed by atoms with E-state index in [4.69, 9.17) is 9.15 Å². The zero-order valence-corrected chi connectivity index (χ0v) is 16.3. The first-order valence-corrected chi connectivity index (χ1v) is 9.91. The number of ether oxygens (including phenoxy) is 1. The molecule has 3 aromatic rings. The van der Waals surface area contributed by atoms with Gasteiger partial charge in [-0.1, -0.05) is 61.5 Å². The van der Waals surface area contributed by atoms with Crippen LogP contribution in [0, 0.1) is 0 Å². The molecule has 0 saturated carbocycles. The molecule has 0 atom stereocenters. The van der Waals surface area contributed by atoms with Crippen LogP contribution >= 0.6 is 11.8 Å². The van der Waals surface area contributed by atoms with Gasteiger partial charge < -0.3 is 9.15 Å². The van der Waals surface area contributed by atoms with E-state index in [1.54, 1.807) is 7.11 Å². The van der Waals surface area contributed by atoms with Crippen LogP contribution < -0.4 is 4.74 Å². The number of rotatable bonds is 9. The minimum Gasteiger partial charge on any atom is -0.496 e. The van der Waals surface area contributed by atoms with Gasteiger partial charge in [-0.05, 0) is 30.5 Å². The van der Waals surface area contributed by atoms with E-state index in [1.165, 1.54) is 23.7 Å². The Balaban J connectivity index is 1.60. The van der Waals surface area contributed by atoms with E-state index in [0.29, 0.717) is 22.4 Å². The van der Waals surface area contributed by atoms with Crippen LogP contribution in [0.4, 0.5) is 0 Å². The van der Waals surface area contributed by atoms with E-state index < -0.39 is 0 Å². The van der Waals surface area contributed by atoms with Gasteiger partial charge in [0.1, 0.15) is 5.75 Å². The van der Waals surface area contributed by atoms with Crippen LogP contribution in [-0.2, 0) is 6.42 Å². The number of carbonyl (C=O) groups is 1. The Morgan fingerprint density at radius 2 is 1.89 bits per heavy atom. The number of thioether (sulfide) groups is 1. The first-order valence-electron chi connectivity index (χ1n) is 8.93. The highest BCUT2D eigenvalue weighted by atomic mass is 32.2. The molecule has 0 fully saturated rings. The highest BCUT2D eigenvalue weighted by Gasteiger charge is 2.15. The number of hydrogen-bond acceptors (Lipinski definition) is 6. The number of aromatic nitrogens is 2. The summed E-state index contributed by atoms with van der Waals surface area (Å²) in [6, 6.07) is 15.3. The lowest BCUT2D eigenvalue weighted by molar-refractivity contribution is 0.102. The van der Waals surface area contributed by atoms with Gasteiger partial charge in [0.25, 0.3) is 11.1 Å². The molecule has 0 aliphatic rings. The van der Waals surface area contributed by atoms with E-state index in [1.807, 2.05) is 48.5 Å². The summed E-state index contributed by atoms with van der Waals surface area (Å²) in [4.78, 5) is 12.4. The number of hydrogen-bond donors (Lipinski definition) is 0. The molecule has 0 bridgehead atoms. The topological polar surface area (TPSA) is 65.2 Å². The first kappa shape index (κ1) is 19.2. The van der Waals surface area contributed by atoms with E-state index >= 15 is 0 Å². The molecule has 6 heteroatoms. The smallest absolute Gasteiger partial charge is 0.277 e. The molecule has 0 unspecified atom stereocenters. The van der Waals surface area contributed by atoms with Crippen LogP contribution in [0.15, 0.2) is 58.2 Å². The molecule has 0 saturated heterocycles. The number of aryl methyl sites for hydroxylation is 1. The van der Waals surface area contributed by atoms with Crippen molar-refractivity contribution >= 4 is 17.5 Å². The number of benzene rings is 2. The Bertz CT molecular complexity index is 890. The monoisotopic (exact) mass is 382 g/mol. The van der Waals surface area contributed by atoms with Gasteiger partial charge in [-0.15, -0.1) is 10.2 Å². The van der Waals surface area contributed by atoms with Gasteiger partial charge >= 0.3 is 0 Å². The van der Waals surface area contributed by atoms with Crippen LogP contribution in [0.2, 0.25) is 0 Å². The molecule has 1 heterocycles. The van der Waals surface area contributed by atoms with Crippen molar-refractivity contribution in [3.05, 3.63) is 59.7 Å². The lowest BCUT2D eigenvalue weighted by Gasteiger charge is -2.03. The molecule has 0 amide bonds. The predicted octanol–water partition coefficient (Wildman–Crippen LogP) is 5.06. The van der Waals surface area contributed by atoms with Crippen molar-refractivity contribution in [2.24, 2.45) is 0 Å². The predicted molar refractivity (Wildman–Crippen MR) is 106 cm³/mol. The fourth-order valence-electron chi connectivity index (χ4n) is 2.65. The summed E-state index contributed by atoms with van der Waals surface area (Å²) in [7, 11) is 1.59. The van der Waals surface area contributed by atoms with Crippen molar-refractivity contribution in [2.75, 3.05) is 12.9 Å². The molecule has 0 spiro atoms. The molecule has 2 aromatic carbocycles. The number of methoxy groups -OCH3 is 1. The summed E-state index contributed by atoms with van der Waals surface area (Å²) < 4.78 is 11.0. The van der Waals surface area contributed by atoms with Crippen LogP contribution in [-0.4, -0.2) is 28.8 Å². The lowest BCUT2D eigenvalue weighted by Crippen LogP contribution is -2.02. The Labute approximate surface area is 163 Å². The number of unbranched alkanes of at least 4 members (excludes halogenated alkanes) is 1. The molecule has 0 aliphatic carbocycles. The molecule has 5 nitrogen and oxygen atoms in total. The second kappa shape index (κ2) is 9.37. The van der Waals surface area contributed by atoms with Crippen LogP contribution in [0.25, 0.3) is 11.5 Å². The molecule has 27 heavy (non-hydrogen) atoms. The molecule has 140 valence electrons. The summed E-state index contributed by atoms with van der Waals surface area (Å²) in [6.45, 7) is 2.17. The normalized spacial score (nSPS) is 10.7. The molecule has 0 N–H and O–H groups in total. The Morgan fingerprint density at radius 1 is 1.11 bits per heavy atom. The fourth-order valence-corrected chi connectivity index (χ4v) is 3.30. The largest absolute Gasteiger partial charge is 0.496 e. The van der Waals surface area contributed by atoms with Gasteiger partial charge in [-0.2, -0.15) is 0 Å².